The van der Waals surface area contributed by atoms with E-state index in [9.17, 15) is 9.59 Å². The Labute approximate surface area is 119 Å². The lowest BCUT2D eigenvalue weighted by atomic mass is 10.0. The van der Waals surface area contributed by atoms with E-state index in [-0.39, 0.29) is 23.8 Å². The number of carbonyl (C=O) groups is 2. The van der Waals surface area contributed by atoms with Crippen LogP contribution < -0.4 is 11.1 Å². The lowest BCUT2D eigenvalue weighted by Crippen LogP contribution is -2.34. The quantitative estimate of drug-likeness (QED) is 0.781. The zero-order valence-electron chi connectivity index (χ0n) is 12.2. The van der Waals surface area contributed by atoms with E-state index in [1.165, 1.54) is 0 Å². The highest BCUT2D eigenvalue weighted by atomic mass is 16.5. The van der Waals surface area contributed by atoms with E-state index in [1.807, 2.05) is 6.92 Å². The maximum absolute atomic E-state index is 11.8. The number of carbonyl (C=O) groups excluding carboxylic acids is 2. The molecule has 0 radical (unpaired) electrons. The van der Waals surface area contributed by atoms with Crippen LogP contribution in [0.2, 0.25) is 0 Å². The molecule has 1 aromatic rings. The number of esters is 1. The second-order valence-electron chi connectivity index (χ2n) is 4.85. The zero-order valence-corrected chi connectivity index (χ0v) is 12.2. The molecule has 0 saturated heterocycles. The van der Waals surface area contributed by atoms with Gasteiger partial charge in [0.05, 0.1) is 18.1 Å². The van der Waals surface area contributed by atoms with Gasteiger partial charge >= 0.3 is 5.97 Å². The van der Waals surface area contributed by atoms with Gasteiger partial charge in [0, 0.05) is 11.7 Å². The molecule has 0 aromatic heterocycles. The van der Waals surface area contributed by atoms with E-state index < -0.39 is 0 Å². The summed E-state index contributed by atoms with van der Waals surface area (Å²) >= 11 is 0. The van der Waals surface area contributed by atoms with Crippen molar-refractivity contribution in [1.29, 1.82) is 0 Å². The smallest absolute Gasteiger partial charge is 0.338 e. The van der Waals surface area contributed by atoms with Crippen molar-refractivity contribution in [2.24, 2.45) is 11.7 Å². The van der Waals surface area contributed by atoms with Crippen molar-refractivity contribution in [1.82, 2.24) is 0 Å². The summed E-state index contributed by atoms with van der Waals surface area (Å²) in [6, 6.07) is 6.40. The van der Waals surface area contributed by atoms with Crippen LogP contribution in [0.25, 0.3) is 0 Å². The van der Waals surface area contributed by atoms with Crippen LogP contribution in [0.1, 0.15) is 37.6 Å². The minimum atomic E-state index is -0.353. The molecule has 5 heteroatoms. The third-order valence-electron chi connectivity index (χ3n) is 3.03. The highest BCUT2D eigenvalue weighted by molar-refractivity contribution is 5.94. The van der Waals surface area contributed by atoms with Gasteiger partial charge in [0.15, 0.2) is 0 Å². The molecule has 20 heavy (non-hydrogen) atoms. The van der Waals surface area contributed by atoms with Gasteiger partial charge in [0.1, 0.15) is 0 Å². The summed E-state index contributed by atoms with van der Waals surface area (Å²) in [6.45, 7) is 5.91. The molecule has 1 amide bonds. The van der Waals surface area contributed by atoms with Crippen molar-refractivity contribution in [3.8, 4) is 0 Å². The largest absolute Gasteiger partial charge is 0.462 e. The molecule has 0 bridgehead atoms. The first-order valence-electron chi connectivity index (χ1n) is 6.79. The third-order valence-corrected chi connectivity index (χ3v) is 3.03. The van der Waals surface area contributed by atoms with E-state index in [2.05, 4.69) is 5.32 Å². The Morgan fingerprint density at radius 2 is 1.85 bits per heavy atom. The molecule has 3 N–H and O–H groups in total. The Morgan fingerprint density at radius 3 is 2.35 bits per heavy atom. The summed E-state index contributed by atoms with van der Waals surface area (Å²) in [6.07, 6.45) is 0.787. The van der Waals surface area contributed by atoms with E-state index in [4.69, 9.17) is 10.5 Å². The van der Waals surface area contributed by atoms with Gasteiger partial charge in [-0.15, -0.1) is 0 Å². The number of rotatable bonds is 6. The van der Waals surface area contributed by atoms with Crippen LogP contribution in [-0.4, -0.2) is 24.5 Å². The first-order valence-corrected chi connectivity index (χ1v) is 6.79. The maximum Gasteiger partial charge on any atom is 0.338 e. The SMILES string of the molecule is CCCOC(=O)c1ccc(NC(=O)C(C)C(C)N)cc1. The molecular formula is C15H22N2O3. The molecule has 5 nitrogen and oxygen atoms in total. The summed E-state index contributed by atoms with van der Waals surface area (Å²) in [5.41, 5.74) is 6.78. The molecule has 0 aliphatic carbocycles. The Hall–Kier alpha value is -1.88. The number of anilines is 1. The molecule has 0 heterocycles. The summed E-state index contributed by atoms with van der Waals surface area (Å²) < 4.78 is 5.03. The molecular weight excluding hydrogens is 256 g/mol. The van der Waals surface area contributed by atoms with Crippen LogP contribution in [0.15, 0.2) is 24.3 Å². The van der Waals surface area contributed by atoms with Gasteiger partial charge < -0.3 is 15.8 Å². The average Bonchev–Trinajstić information content (AvgIpc) is 2.44. The van der Waals surface area contributed by atoms with E-state index in [0.717, 1.165) is 6.42 Å². The minimum Gasteiger partial charge on any atom is -0.462 e. The zero-order chi connectivity index (χ0) is 15.1. The summed E-state index contributed by atoms with van der Waals surface area (Å²) in [5.74, 6) is -0.765. The topological polar surface area (TPSA) is 81.4 Å². The number of hydrogen-bond acceptors (Lipinski definition) is 4. The lowest BCUT2D eigenvalue weighted by Gasteiger charge is -2.15. The van der Waals surface area contributed by atoms with Gasteiger partial charge in [0.25, 0.3) is 0 Å². The van der Waals surface area contributed by atoms with Crippen LogP contribution in [0, 0.1) is 5.92 Å². The van der Waals surface area contributed by atoms with Gasteiger partial charge in [-0.3, -0.25) is 4.79 Å². The maximum atomic E-state index is 11.8. The number of amides is 1. The molecule has 0 aliphatic heterocycles. The molecule has 1 rings (SSSR count). The predicted molar refractivity (Wildman–Crippen MR) is 78.5 cm³/mol. The van der Waals surface area contributed by atoms with Crippen molar-refractivity contribution in [2.45, 2.75) is 33.2 Å². The fraction of sp³-hybridized carbons (Fsp3) is 0.467. The normalized spacial score (nSPS) is 13.4. The first-order chi connectivity index (χ1) is 9.45. The van der Waals surface area contributed by atoms with Gasteiger partial charge in [-0.25, -0.2) is 4.79 Å². The molecule has 0 spiro atoms. The van der Waals surface area contributed by atoms with Crippen molar-refractivity contribution < 1.29 is 14.3 Å². The van der Waals surface area contributed by atoms with E-state index >= 15 is 0 Å². The average molecular weight is 278 g/mol. The van der Waals surface area contributed by atoms with Gasteiger partial charge in [-0.2, -0.15) is 0 Å². The molecule has 2 unspecified atom stereocenters. The van der Waals surface area contributed by atoms with Crippen LogP contribution >= 0.6 is 0 Å². The van der Waals surface area contributed by atoms with E-state index in [0.29, 0.717) is 17.9 Å². The Bertz CT molecular complexity index is 455. The van der Waals surface area contributed by atoms with Gasteiger partial charge in [-0.1, -0.05) is 13.8 Å². The fourth-order valence-corrected chi connectivity index (χ4v) is 1.46. The number of nitrogens with one attached hydrogen (secondary N) is 1. The van der Waals surface area contributed by atoms with E-state index in [1.54, 1.807) is 38.1 Å². The van der Waals surface area contributed by atoms with Crippen LogP contribution in [-0.2, 0) is 9.53 Å². The number of nitrogens with two attached hydrogens (primary N) is 1. The molecule has 1 aromatic carbocycles. The highest BCUT2D eigenvalue weighted by Crippen LogP contribution is 2.12. The number of ether oxygens (including phenoxy) is 1. The molecule has 0 saturated carbocycles. The highest BCUT2D eigenvalue weighted by Gasteiger charge is 2.17. The van der Waals surface area contributed by atoms with Crippen LogP contribution in [0.3, 0.4) is 0 Å². The minimum absolute atomic E-state index is 0.138. The second kappa shape index (κ2) is 7.65. The fourth-order valence-electron chi connectivity index (χ4n) is 1.46. The number of benzene rings is 1. The summed E-state index contributed by atoms with van der Waals surface area (Å²) in [7, 11) is 0. The molecule has 0 fully saturated rings. The summed E-state index contributed by atoms with van der Waals surface area (Å²) in [4.78, 5) is 23.4. The Kier molecular flexibility index (Phi) is 6.18. The third kappa shape index (κ3) is 4.66. The Balaban J connectivity index is 2.63. The van der Waals surface area contributed by atoms with Crippen LogP contribution in [0.4, 0.5) is 5.69 Å². The van der Waals surface area contributed by atoms with Crippen molar-refractivity contribution in [2.75, 3.05) is 11.9 Å². The Morgan fingerprint density at radius 1 is 1.25 bits per heavy atom. The lowest BCUT2D eigenvalue weighted by molar-refractivity contribution is -0.119. The summed E-state index contributed by atoms with van der Waals surface area (Å²) in [5, 5.41) is 2.76. The first kappa shape index (κ1) is 16.2. The number of hydrogen-bond donors (Lipinski definition) is 2. The van der Waals surface area contributed by atoms with Crippen molar-refractivity contribution in [3.63, 3.8) is 0 Å². The second-order valence-corrected chi connectivity index (χ2v) is 4.85. The van der Waals surface area contributed by atoms with Crippen LogP contribution in [0.5, 0.6) is 0 Å². The van der Waals surface area contributed by atoms with Gasteiger partial charge in [0.2, 0.25) is 5.91 Å². The molecule has 0 aliphatic rings. The van der Waals surface area contributed by atoms with Gasteiger partial charge in [-0.05, 0) is 37.6 Å². The standard InChI is InChI=1S/C15H22N2O3/c1-4-9-20-15(19)12-5-7-13(8-6-12)17-14(18)10(2)11(3)16/h5-8,10-11H,4,9,16H2,1-3H3,(H,17,18). The van der Waals surface area contributed by atoms with Crippen molar-refractivity contribution in [3.05, 3.63) is 29.8 Å². The molecule has 2 atom stereocenters. The monoisotopic (exact) mass is 278 g/mol. The predicted octanol–water partition coefficient (Wildman–Crippen LogP) is 2.18. The van der Waals surface area contributed by atoms with Crippen molar-refractivity contribution >= 4 is 17.6 Å². The molecule has 110 valence electrons.